The van der Waals surface area contributed by atoms with E-state index in [1.807, 2.05) is 40.4 Å². The highest BCUT2D eigenvalue weighted by Crippen LogP contribution is 2.25. The molecule has 1 N–H and O–H groups in total. The van der Waals surface area contributed by atoms with Crippen molar-refractivity contribution in [3.8, 4) is 11.3 Å². The standard InChI is InChI=1S/C19H14N4O3S2/c24-28(25,12-17-15-6-1-2-7-18(15)26-21-17)22-14-5-3-4-13(10-14)16-11-23-8-9-27-19(23)20-16/h1-11,22H,12H2. The number of imidazole rings is 1. The molecule has 0 unspecified atom stereocenters. The molecule has 3 aromatic heterocycles. The lowest BCUT2D eigenvalue weighted by molar-refractivity contribution is 0.448. The van der Waals surface area contributed by atoms with Gasteiger partial charge in [0.25, 0.3) is 0 Å². The Bertz CT molecular complexity index is 1370. The normalized spacial score (nSPS) is 12.0. The Balaban J connectivity index is 1.41. The van der Waals surface area contributed by atoms with Gasteiger partial charge in [0.15, 0.2) is 10.5 Å². The summed E-state index contributed by atoms with van der Waals surface area (Å²) in [7, 11) is -3.66. The van der Waals surface area contributed by atoms with Crippen molar-refractivity contribution in [3.63, 3.8) is 0 Å². The largest absolute Gasteiger partial charge is 0.356 e. The first kappa shape index (κ1) is 17.0. The third kappa shape index (κ3) is 3.14. The smallest absolute Gasteiger partial charge is 0.238 e. The van der Waals surface area contributed by atoms with Crippen molar-refractivity contribution in [2.24, 2.45) is 0 Å². The van der Waals surface area contributed by atoms with Crippen LogP contribution in [0.2, 0.25) is 0 Å². The molecule has 0 spiro atoms. The summed E-state index contributed by atoms with van der Waals surface area (Å²) in [5, 5.41) is 6.56. The number of hydrogen-bond acceptors (Lipinski definition) is 6. The van der Waals surface area contributed by atoms with E-state index in [2.05, 4.69) is 14.9 Å². The first-order valence-corrected chi connectivity index (χ1v) is 11.0. The number of sulfonamides is 1. The third-order valence-electron chi connectivity index (χ3n) is 4.30. The van der Waals surface area contributed by atoms with Crippen LogP contribution in [-0.2, 0) is 15.8 Å². The second-order valence-corrected chi connectivity index (χ2v) is 8.88. The molecule has 2 aromatic carbocycles. The molecule has 3 heterocycles. The first-order chi connectivity index (χ1) is 13.6. The van der Waals surface area contributed by atoms with Gasteiger partial charge in [-0.2, -0.15) is 0 Å². The summed E-state index contributed by atoms with van der Waals surface area (Å²) in [6.07, 6.45) is 3.85. The van der Waals surface area contributed by atoms with Crippen LogP contribution in [0.1, 0.15) is 5.69 Å². The number of thiazole rings is 1. The molecular formula is C19H14N4O3S2. The highest BCUT2D eigenvalue weighted by molar-refractivity contribution is 7.91. The molecule has 0 bridgehead atoms. The predicted molar refractivity (Wildman–Crippen MR) is 109 cm³/mol. The minimum absolute atomic E-state index is 0.269. The summed E-state index contributed by atoms with van der Waals surface area (Å²) >= 11 is 1.54. The fraction of sp³-hybridized carbons (Fsp3) is 0.0526. The second kappa shape index (κ2) is 6.47. The third-order valence-corrected chi connectivity index (χ3v) is 6.27. The van der Waals surface area contributed by atoms with Crippen molar-refractivity contribution in [2.45, 2.75) is 5.75 Å². The molecule has 0 radical (unpaired) electrons. The lowest BCUT2D eigenvalue weighted by Gasteiger charge is -2.08. The molecule has 0 aliphatic carbocycles. The Morgan fingerprint density at radius 3 is 2.93 bits per heavy atom. The molecule has 0 aliphatic rings. The maximum absolute atomic E-state index is 12.6. The Morgan fingerprint density at radius 2 is 2.04 bits per heavy atom. The molecule has 140 valence electrons. The molecule has 0 saturated heterocycles. The zero-order chi connectivity index (χ0) is 19.1. The van der Waals surface area contributed by atoms with Gasteiger partial charge in [-0.05, 0) is 24.3 Å². The van der Waals surface area contributed by atoms with Crippen LogP contribution >= 0.6 is 11.3 Å². The Labute approximate surface area is 164 Å². The van der Waals surface area contributed by atoms with Crippen molar-refractivity contribution in [1.29, 1.82) is 0 Å². The van der Waals surface area contributed by atoms with Crippen LogP contribution in [0.5, 0.6) is 0 Å². The van der Waals surface area contributed by atoms with Crippen molar-refractivity contribution in [3.05, 3.63) is 72.0 Å². The van der Waals surface area contributed by atoms with E-state index < -0.39 is 10.0 Å². The fourth-order valence-corrected chi connectivity index (χ4v) is 4.87. The van der Waals surface area contributed by atoms with Crippen molar-refractivity contribution < 1.29 is 12.9 Å². The topological polar surface area (TPSA) is 89.5 Å². The van der Waals surface area contributed by atoms with E-state index in [1.54, 1.807) is 41.7 Å². The van der Waals surface area contributed by atoms with Crippen molar-refractivity contribution in [2.75, 3.05) is 4.72 Å². The maximum atomic E-state index is 12.6. The second-order valence-electron chi connectivity index (χ2n) is 6.29. The van der Waals surface area contributed by atoms with E-state index >= 15 is 0 Å². The molecule has 0 aliphatic heterocycles. The fourth-order valence-electron chi connectivity index (χ4n) is 3.05. The average Bonchev–Trinajstić information content (AvgIpc) is 3.36. The molecule has 5 aromatic rings. The van der Waals surface area contributed by atoms with Crippen LogP contribution in [0, 0.1) is 0 Å². The van der Waals surface area contributed by atoms with Crippen LogP contribution in [0.15, 0.2) is 70.8 Å². The van der Waals surface area contributed by atoms with Gasteiger partial charge in [0.05, 0.1) is 5.69 Å². The van der Waals surface area contributed by atoms with Crippen molar-refractivity contribution >= 4 is 43.0 Å². The maximum Gasteiger partial charge on any atom is 0.238 e. The molecule has 7 nitrogen and oxygen atoms in total. The Hall–Kier alpha value is -3.17. The Kier molecular flexibility index (Phi) is 3.92. The van der Waals surface area contributed by atoms with Gasteiger partial charge in [0.2, 0.25) is 10.0 Å². The highest BCUT2D eigenvalue weighted by Gasteiger charge is 2.18. The molecule has 28 heavy (non-hydrogen) atoms. The van der Waals surface area contributed by atoms with Crippen LogP contribution in [0.3, 0.4) is 0 Å². The van der Waals surface area contributed by atoms with E-state index in [1.165, 1.54) is 0 Å². The molecular weight excluding hydrogens is 396 g/mol. The number of benzene rings is 2. The van der Waals surface area contributed by atoms with Gasteiger partial charge in [-0.1, -0.05) is 29.4 Å². The molecule has 0 atom stereocenters. The number of aromatic nitrogens is 3. The number of nitrogens with zero attached hydrogens (tertiary/aromatic N) is 3. The highest BCUT2D eigenvalue weighted by atomic mass is 32.2. The van der Waals surface area contributed by atoms with E-state index in [-0.39, 0.29) is 5.75 Å². The zero-order valence-electron chi connectivity index (χ0n) is 14.4. The summed E-state index contributed by atoms with van der Waals surface area (Å²) in [6, 6.07) is 14.4. The first-order valence-electron chi connectivity index (χ1n) is 8.44. The minimum atomic E-state index is -3.66. The van der Waals surface area contributed by atoms with Crippen LogP contribution in [-0.4, -0.2) is 23.0 Å². The lowest BCUT2D eigenvalue weighted by atomic mass is 10.1. The summed E-state index contributed by atoms with van der Waals surface area (Å²) in [5.74, 6) is -0.269. The number of anilines is 1. The quantitative estimate of drug-likeness (QED) is 0.470. The number of fused-ring (bicyclic) bond motifs is 2. The summed E-state index contributed by atoms with van der Waals surface area (Å²) in [5.41, 5.74) is 3.04. The van der Waals surface area contributed by atoms with Gasteiger partial charge in [-0.3, -0.25) is 9.12 Å². The van der Waals surface area contributed by atoms with Gasteiger partial charge < -0.3 is 4.52 Å². The summed E-state index contributed by atoms with van der Waals surface area (Å²) in [6.45, 7) is 0. The van der Waals surface area contributed by atoms with Crippen molar-refractivity contribution in [1.82, 2.24) is 14.5 Å². The van der Waals surface area contributed by atoms with E-state index in [0.717, 1.165) is 16.2 Å². The van der Waals surface area contributed by atoms with Crippen LogP contribution < -0.4 is 4.72 Å². The van der Waals surface area contributed by atoms with E-state index in [9.17, 15) is 8.42 Å². The van der Waals surface area contributed by atoms with Crippen LogP contribution in [0.25, 0.3) is 27.2 Å². The lowest BCUT2D eigenvalue weighted by Crippen LogP contribution is -2.15. The average molecular weight is 410 g/mol. The van der Waals surface area contributed by atoms with Gasteiger partial charge in [0, 0.05) is 34.4 Å². The molecule has 5 rings (SSSR count). The van der Waals surface area contributed by atoms with Gasteiger partial charge in [0.1, 0.15) is 11.4 Å². The SMILES string of the molecule is O=S(=O)(Cc1noc2ccccc12)Nc1cccc(-c2cn3ccsc3n2)c1. The monoisotopic (exact) mass is 410 g/mol. The van der Waals surface area contributed by atoms with E-state index in [4.69, 9.17) is 4.52 Å². The molecule has 9 heteroatoms. The molecule has 0 saturated carbocycles. The summed E-state index contributed by atoms with van der Waals surface area (Å²) in [4.78, 5) is 5.45. The zero-order valence-corrected chi connectivity index (χ0v) is 16.1. The van der Waals surface area contributed by atoms with Crippen LogP contribution in [0.4, 0.5) is 5.69 Å². The number of rotatable bonds is 5. The predicted octanol–water partition coefficient (Wildman–Crippen LogP) is 4.15. The number of para-hydroxylation sites is 1. The summed E-state index contributed by atoms with van der Waals surface area (Å²) < 4.78 is 35.0. The van der Waals surface area contributed by atoms with E-state index in [0.29, 0.717) is 22.4 Å². The minimum Gasteiger partial charge on any atom is -0.356 e. The molecule has 0 amide bonds. The Morgan fingerprint density at radius 1 is 1.14 bits per heavy atom. The van der Waals surface area contributed by atoms with Gasteiger partial charge >= 0.3 is 0 Å². The molecule has 0 fully saturated rings. The number of nitrogens with one attached hydrogen (secondary N) is 1. The van der Waals surface area contributed by atoms with Gasteiger partial charge in [-0.25, -0.2) is 13.4 Å². The number of hydrogen-bond donors (Lipinski definition) is 1. The van der Waals surface area contributed by atoms with Gasteiger partial charge in [-0.15, -0.1) is 11.3 Å².